The number of halogens is 1. The number of para-hydroxylation sites is 1. The summed E-state index contributed by atoms with van der Waals surface area (Å²) in [7, 11) is 0. The predicted molar refractivity (Wildman–Crippen MR) is 90.0 cm³/mol. The molecular formula is C18H17ClN2. The van der Waals surface area contributed by atoms with Gasteiger partial charge < -0.3 is 5.32 Å². The summed E-state index contributed by atoms with van der Waals surface area (Å²) in [5.74, 6) is 0. The topological polar surface area (TPSA) is 24.9 Å². The van der Waals surface area contributed by atoms with Crippen molar-refractivity contribution in [2.75, 3.05) is 5.32 Å². The summed E-state index contributed by atoms with van der Waals surface area (Å²) < 4.78 is 0. The van der Waals surface area contributed by atoms with Gasteiger partial charge in [-0.15, -0.1) is 0 Å². The zero-order valence-corrected chi connectivity index (χ0v) is 12.9. The molecule has 0 aliphatic rings. The summed E-state index contributed by atoms with van der Waals surface area (Å²) in [4.78, 5) is 4.48. The van der Waals surface area contributed by atoms with Crippen LogP contribution in [0.25, 0.3) is 10.9 Å². The molecule has 0 aliphatic carbocycles. The molecule has 0 spiro atoms. The highest BCUT2D eigenvalue weighted by molar-refractivity contribution is 6.30. The first-order valence-corrected chi connectivity index (χ1v) is 7.36. The van der Waals surface area contributed by atoms with Gasteiger partial charge in [-0.1, -0.05) is 41.4 Å². The number of nitrogens with one attached hydrogen (secondary N) is 1. The van der Waals surface area contributed by atoms with Crippen LogP contribution < -0.4 is 5.32 Å². The second kappa shape index (κ2) is 5.74. The van der Waals surface area contributed by atoms with Gasteiger partial charge in [0.05, 0.1) is 5.52 Å². The van der Waals surface area contributed by atoms with Gasteiger partial charge in [-0.2, -0.15) is 0 Å². The van der Waals surface area contributed by atoms with E-state index in [2.05, 4.69) is 54.5 Å². The molecule has 1 heterocycles. The van der Waals surface area contributed by atoms with Crippen LogP contribution in [0.3, 0.4) is 0 Å². The number of nitrogens with zero attached hydrogens (tertiary/aromatic N) is 1. The van der Waals surface area contributed by atoms with Crippen molar-refractivity contribution < 1.29 is 0 Å². The van der Waals surface area contributed by atoms with Gasteiger partial charge in [0.15, 0.2) is 0 Å². The van der Waals surface area contributed by atoms with E-state index >= 15 is 0 Å². The maximum absolute atomic E-state index is 6.30. The third-order valence-corrected chi connectivity index (χ3v) is 3.94. The molecule has 0 saturated heterocycles. The summed E-state index contributed by atoms with van der Waals surface area (Å²) >= 11 is 6.30. The van der Waals surface area contributed by atoms with E-state index in [1.165, 1.54) is 11.1 Å². The molecular weight excluding hydrogens is 280 g/mol. The van der Waals surface area contributed by atoms with Gasteiger partial charge in [-0.25, -0.2) is 4.98 Å². The molecule has 3 aromatic rings. The van der Waals surface area contributed by atoms with Crippen LogP contribution in [0.2, 0.25) is 5.15 Å². The molecule has 0 amide bonds. The molecule has 21 heavy (non-hydrogen) atoms. The first-order chi connectivity index (χ1) is 10.1. The Morgan fingerprint density at radius 2 is 1.86 bits per heavy atom. The molecule has 1 aromatic heterocycles. The third-order valence-electron chi connectivity index (χ3n) is 3.61. The fourth-order valence-electron chi connectivity index (χ4n) is 2.40. The minimum absolute atomic E-state index is 0.562. The van der Waals surface area contributed by atoms with E-state index in [0.717, 1.165) is 22.2 Å². The van der Waals surface area contributed by atoms with Gasteiger partial charge in [0.2, 0.25) is 0 Å². The normalized spacial score (nSPS) is 10.8. The average molecular weight is 297 g/mol. The highest BCUT2D eigenvalue weighted by atomic mass is 35.5. The molecule has 0 unspecified atom stereocenters. The van der Waals surface area contributed by atoms with Crippen LogP contribution in [0.5, 0.6) is 0 Å². The molecule has 0 saturated carbocycles. The maximum Gasteiger partial charge on any atom is 0.134 e. The summed E-state index contributed by atoms with van der Waals surface area (Å²) in [5, 5.41) is 5.11. The van der Waals surface area contributed by atoms with E-state index < -0.39 is 0 Å². The van der Waals surface area contributed by atoms with Gasteiger partial charge >= 0.3 is 0 Å². The molecule has 2 nitrogen and oxygen atoms in total. The van der Waals surface area contributed by atoms with Gasteiger partial charge in [-0.3, -0.25) is 0 Å². The van der Waals surface area contributed by atoms with Gasteiger partial charge in [0, 0.05) is 23.2 Å². The summed E-state index contributed by atoms with van der Waals surface area (Å²) in [5.41, 5.74) is 5.52. The lowest BCUT2D eigenvalue weighted by atomic mass is 10.1. The Morgan fingerprint density at radius 1 is 1.05 bits per heavy atom. The van der Waals surface area contributed by atoms with Crippen molar-refractivity contribution in [3.8, 4) is 0 Å². The number of benzene rings is 2. The first-order valence-electron chi connectivity index (χ1n) is 6.99. The Bertz CT molecular complexity index is 796. The predicted octanol–water partition coefficient (Wildman–Crippen LogP) is 5.12. The van der Waals surface area contributed by atoms with Crippen LogP contribution >= 0.6 is 11.6 Å². The number of anilines is 1. The van der Waals surface area contributed by atoms with E-state index in [4.69, 9.17) is 11.6 Å². The largest absolute Gasteiger partial charge is 0.381 e. The van der Waals surface area contributed by atoms with E-state index in [1.807, 2.05) is 18.2 Å². The molecule has 0 bridgehead atoms. The lowest BCUT2D eigenvalue weighted by Crippen LogP contribution is -2.02. The summed E-state index contributed by atoms with van der Waals surface area (Å²) in [6.07, 6.45) is 0. The number of fused-ring (bicyclic) bond motifs is 1. The van der Waals surface area contributed by atoms with Crippen LogP contribution in [0, 0.1) is 13.8 Å². The molecule has 0 aliphatic heterocycles. The lowest BCUT2D eigenvalue weighted by Gasteiger charge is -2.11. The second-order valence-electron chi connectivity index (χ2n) is 5.30. The van der Waals surface area contributed by atoms with Crippen molar-refractivity contribution in [2.45, 2.75) is 20.4 Å². The minimum Gasteiger partial charge on any atom is -0.381 e. The van der Waals surface area contributed by atoms with Crippen molar-refractivity contribution in [3.63, 3.8) is 0 Å². The summed E-state index contributed by atoms with van der Waals surface area (Å²) in [6.45, 7) is 4.84. The number of aromatic nitrogens is 1. The Kier molecular flexibility index (Phi) is 3.80. The average Bonchev–Trinajstić information content (AvgIpc) is 2.47. The SMILES string of the molecule is Cc1ccc2nc(Cl)c(CNc3ccccc3C)cc2c1. The fourth-order valence-corrected chi connectivity index (χ4v) is 2.61. The standard InChI is InChI=1S/C18H17ClN2/c1-12-7-8-17-14(9-12)10-15(18(19)21-17)11-20-16-6-4-3-5-13(16)2/h3-10,20H,11H2,1-2H3. The molecule has 3 heteroatoms. The lowest BCUT2D eigenvalue weighted by molar-refractivity contribution is 1.12. The van der Waals surface area contributed by atoms with Crippen molar-refractivity contribution in [2.24, 2.45) is 0 Å². The van der Waals surface area contributed by atoms with Gasteiger partial charge in [-0.05, 0) is 43.7 Å². The molecule has 0 fully saturated rings. The smallest absolute Gasteiger partial charge is 0.134 e. The highest BCUT2D eigenvalue weighted by Gasteiger charge is 2.06. The van der Waals surface area contributed by atoms with Crippen molar-refractivity contribution >= 4 is 28.2 Å². The van der Waals surface area contributed by atoms with Crippen LogP contribution in [-0.4, -0.2) is 4.98 Å². The van der Waals surface area contributed by atoms with E-state index in [-0.39, 0.29) is 0 Å². The number of hydrogen-bond donors (Lipinski definition) is 1. The molecule has 1 N–H and O–H groups in total. The Balaban J connectivity index is 1.90. The van der Waals surface area contributed by atoms with Crippen LogP contribution in [0.1, 0.15) is 16.7 Å². The van der Waals surface area contributed by atoms with E-state index in [1.54, 1.807) is 0 Å². The van der Waals surface area contributed by atoms with Crippen LogP contribution in [-0.2, 0) is 6.54 Å². The van der Waals surface area contributed by atoms with Gasteiger partial charge in [0.25, 0.3) is 0 Å². The molecule has 3 rings (SSSR count). The van der Waals surface area contributed by atoms with Gasteiger partial charge in [0.1, 0.15) is 5.15 Å². The fraction of sp³-hybridized carbons (Fsp3) is 0.167. The second-order valence-corrected chi connectivity index (χ2v) is 5.66. The molecule has 106 valence electrons. The zero-order chi connectivity index (χ0) is 14.8. The Labute approximate surface area is 129 Å². The summed E-state index contributed by atoms with van der Waals surface area (Å²) in [6, 6.07) is 16.5. The van der Waals surface area contributed by atoms with Crippen LogP contribution in [0.15, 0.2) is 48.5 Å². The zero-order valence-electron chi connectivity index (χ0n) is 12.2. The van der Waals surface area contributed by atoms with E-state index in [0.29, 0.717) is 11.7 Å². The van der Waals surface area contributed by atoms with Crippen LogP contribution in [0.4, 0.5) is 5.69 Å². The van der Waals surface area contributed by atoms with E-state index in [9.17, 15) is 0 Å². The van der Waals surface area contributed by atoms with Crippen molar-refractivity contribution in [1.29, 1.82) is 0 Å². The maximum atomic E-state index is 6.30. The molecule has 0 atom stereocenters. The van der Waals surface area contributed by atoms with Crippen molar-refractivity contribution in [3.05, 3.63) is 70.4 Å². The molecule has 2 aromatic carbocycles. The van der Waals surface area contributed by atoms with Crippen molar-refractivity contribution in [1.82, 2.24) is 4.98 Å². The monoisotopic (exact) mass is 296 g/mol. The highest BCUT2D eigenvalue weighted by Crippen LogP contribution is 2.23. The Hall–Kier alpha value is -2.06. The third kappa shape index (κ3) is 3.01. The number of rotatable bonds is 3. The first kappa shape index (κ1) is 13.9. The minimum atomic E-state index is 0.562. The Morgan fingerprint density at radius 3 is 2.67 bits per heavy atom. The quantitative estimate of drug-likeness (QED) is 0.679. The number of aryl methyl sites for hydroxylation is 2. The molecule has 0 radical (unpaired) electrons. The number of hydrogen-bond acceptors (Lipinski definition) is 2. The number of pyridine rings is 1.